The molecule has 1 fully saturated rings. The van der Waals surface area contributed by atoms with Crippen molar-refractivity contribution in [2.24, 2.45) is 0 Å². The van der Waals surface area contributed by atoms with Gasteiger partial charge in [-0.2, -0.15) is 10.4 Å². The van der Waals surface area contributed by atoms with Crippen LogP contribution in [0.2, 0.25) is 0 Å². The number of nitrogens with zero attached hydrogens (tertiary/aromatic N) is 4. The molecule has 0 amide bonds. The fourth-order valence-corrected chi connectivity index (χ4v) is 3.19. The number of nitrogens with one attached hydrogen (secondary N) is 2. The van der Waals surface area contributed by atoms with Crippen LogP contribution in [-0.4, -0.2) is 50.6 Å². The number of hydrogen-bond acceptors (Lipinski definition) is 8. The highest BCUT2D eigenvalue weighted by atomic mass is 16.5. The lowest BCUT2D eigenvalue weighted by molar-refractivity contribution is 0.0254. The first-order valence-electron chi connectivity index (χ1n) is 9.76. The quantitative estimate of drug-likeness (QED) is 0.525. The second-order valence-electron chi connectivity index (χ2n) is 6.95. The van der Waals surface area contributed by atoms with Crippen molar-refractivity contribution in [3.05, 3.63) is 53.5 Å². The molecule has 4 rings (SSSR count). The smallest absolute Gasteiger partial charge is 0.356 e. The summed E-state index contributed by atoms with van der Waals surface area (Å²) in [6.07, 6.45) is 3.26. The number of aromatic nitrogens is 4. The number of anilines is 1. The minimum absolute atomic E-state index is 0.0469. The molecule has 0 bridgehead atoms. The van der Waals surface area contributed by atoms with Crippen LogP contribution in [0.1, 0.15) is 34.6 Å². The average Bonchev–Trinajstić information content (AvgIpc) is 3.28. The number of H-pyrrole nitrogens is 1. The SMILES string of the molecule is N#Cc1cc(-c2ccnc(NCc3cc(C(=O)O)n[nH]3)n2)ccc1OC1CCOCC1. The lowest BCUT2D eigenvalue weighted by Gasteiger charge is -2.23. The monoisotopic (exact) mass is 420 g/mol. The van der Waals surface area contributed by atoms with E-state index in [4.69, 9.17) is 14.6 Å². The van der Waals surface area contributed by atoms with Crippen LogP contribution in [0.5, 0.6) is 5.75 Å². The highest BCUT2D eigenvalue weighted by Crippen LogP contribution is 2.27. The van der Waals surface area contributed by atoms with E-state index in [1.54, 1.807) is 24.4 Å². The predicted molar refractivity (Wildman–Crippen MR) is 110 cm³/mol. The first kappa shape index (κ1) is 20.3. The second kappa shape index (κ2) is 9.23. The number of aromatic carboxylic acids is 1. The second-order valence-corrected chi connectivity index (χ2v) is 6.95. The van der Waals surface area contributed by atoms with E-state index in [9.17, 15) is 10.1 Å². The molecule has 0 aliphatic carbocycles. The van der Waals surface area contributed by atoms with Gasteiger partial charge in [0.1, 0.15) is 17.9 Å². The van der Waals surface area contributed by atoms with Gasteiger partial charge in [-0.3, -0.25) is 5.10 Å². The van der Waals surface area contributed by atoms with Crippen molar-refractivity contribution in [1.29, 1.82) is 5.26 Å². The lowest BCUT2D eigenvalue weighted by atomic mass is 10.1. The molecule has 1 aromatic carbocycles. The minimum Gasteiger partial charge on any atom is -0.489 e. The Morgan fingerprint density at radius 2 is 2.16 bits per heavy atom. The number of ether oxygens (including phenoxy) is 2. The van der Waals surface area contributed by atoms with E-state index in [2.05, 4.69) is 31.6 Å². The molecule has 1 aliphatic heterocycles. The van der Waals surface area contributed by atoms with Crippen molar-refractivity contribution in [2.75, 3.05) is 18.5 Å². The van der Waals surface area contributed by atoms with Gasteiger partial charge in [0.25, 0.3) is 0 Å². The third kappa shape index (κ3) is 4.96. The molecule has 10 nitrogen and oxygen atoms in total. The van der Waals surface area contributed by atoms with Crippen LogP contribution in [0, 0.1) is 11.3 Å². The average molecular weight is 420 g/mol. The maximum atomic E-state index is 10.9. The summed E-state index contributed by atoms with van der Waals surface area (Å²) < 4.78 is 11.3. The standard InChI is InChI=1S/C21H20N6O4/c22-11-14-9-13(1-2-19(14)31-16-4-7-30-8-5-16)17-3-6-23-21(25-17)24-12-15-10-18(20(28)29)27-26-15/h1-3,6,9-10,16H,4-5,7-8,12H2,(H,26,27)(H,28,29)(H,23,24,25). The summed E-state index contributed by atoms with van der Waals surface area (Å²) in [7, 11) is 0. The van der Waals surface area contributed by atoms with Gasteiger partial charge in [-0.15, -0.1) is 0 Å². The summed E-state index contributed by atoms with van der Waals surface area (Å²) in [4.78, 5) is 19.6. The van der Waals surface area contributed by atoms with Gasteiger partial charge in [0.05, 0.1) is 36.7 Å². The van der Waals surface area contributed by atoms with Gasteiger partial charge in [-0.1, -0.05) is 0 Å². The summed E-state index contributed by atoms with van der Waals surface area (Å²) in [6, 6.07) is 10.8. The molecule has 2 aromatic heterocycles. The van der Waals surface area contributed by atoms with Gasteiger partial charge in [0.2, 0.25) is 5.95 Å². The van der Waals surface area contributed by atoms with E-state index in [0.717, 1.165) is 18.4 Å². The largest absolute Gasteiger partial charge is 0.489 e. The van der Waals surface area contributed by atoms with Crippen molar-refractivity contribution < 1.29 is 19.4 Å². The van der Waals surface area contributed by atoms with Crippen LogP contribution in [0.15, 0.2) is 36.5 Å². The van der Waals surface area contributed by atoms with Crippen LogP contribution in [0.25, 0.3) is 11.3 Å². The Hall–Kier alpha value is -3.97. The van der Waals surface area contributed by atoms with Crippen LogP contribution in [0.3, 0.4) is 0 Å². The highest BCUT2D eigenvalue weighted by Gasteiger charge is 2.17. The van der Waals surface area contributed by atoms with Crippen molar-refractivity contribution in [3.8, 4) is 23.1 Å². The number of carboxylic acids is 1. The zero-order valence-corrected chi connectivity index (χ0v) is 16.5. The number of rotatable bonds is 7. The van der Waals surface area contributed by atoms with Gasteiger partial charge < -0.3 is 19.9 Å². The molecule has 0 atom stereocenters. The summed E-state index contributed by atoms with van der Waals surface area (Å²) in [5.41, 5.74) is 2.38. The molecular formula is C21H20N6O4. The molecule has 31 heavy (non-hydrogen) atoms. The van der Waals surface area contributed by atoms with Crippen LogP contribution < -0.4 is 10.1 Å². The van der Waals surface area contributed by atoms with Gasteiger partial charge in [0.15, 0.2) is 5.69 Å². The third-order valence-corrected chi connectivity index (χ3v) is 4.80. The molecule has 0 unspecified atom stereocenters. The molecule has 0 radical (unpaired) electrons. The molecule has 10 heteroatoms. The summed E-state index contributed by atoms with van der Waals surface area (Å²) in [5.74, 6) is -0.178. The van der Waals surface area contributed by atoms with Crippen LogP contribution >= 0.6 is 0 Å². The molecule has 3 aromatic rings. The van der Waals surface area contributed by atoms with Crippen LogP contribution in [-0.2, 0) is 11.3 Å². The molecule has 0 saturated carbocycles. The number of benzene rings is 1. The molecule has 0 spiro atoms. The molecular weight excluding hydrogens is 400 g/mol. The van der Waals surface area contributed by atoms with Gasteiger partial charge >= 0.3 is 5.97 Å². The number of nitriles is 1. The third-order valence-electron chi connectivity index (χ3n) is 4.80. The number of hydrogen-bond donors (Lipinski definition) is 3. The van der Waals surface area contributed by atoms with E-state index in [1.165, 1.54) is 6.07 Å². The van der Waals surface area contributed by atoms with E-state index < -0.39 is 5.97 Å². The zero-order chi connectivity index (χ0) is 21.6. The topological polar surface area (TPSA) is 146 Å². The van der Waals surface area contributed by atoms with Crippen molar-refractivity contribution in [3.63, 3.8) is 0 Å². The van der Waals surface area contributed by atoms with E-state index in [0.29, 0.717) is 41.9 Å². The van der Waals surface area contributed by atoms with E-state index in [1.807, 2.05) is 6.07 Å². The molecule has 3 heterocycles. The van der Waals surface area contributed by atoms with E-state index in [-0.39, 0.29) is 18.3 Å². The van der Waals surface area contributed by atoms with Gasteiger partial charge in [-0.25, -0.2) is 14.8 Å². The molecule has 158 valence electrons. The lowest BCUT2D eigenvalue weighted by Crippen LogP contribution is -2.26. The normalized spacial score (nSPS) is 14.0. The Morgan fingerprint density at radius 1 is 1.32 bits per heavy atom. The van der Waals surface area contributed by atoms with Crippen molar-refractivity contribution in [1.82, 2.24) is 20.2 Å². The molecule has 1 saturated heterocycles. The van der Waals surface area contributed by atoms with Gasteiger partial charge in [-0.05, 0) is 30.3 Å². The molecule has 1 aliphatic rings. The fourth-order valence-electron chi connectivity index (χ4n) is 3.19. The number of carboxylic acid groups (broad SMARTS) is 1. The first-order chi connectivity index (χ1) is 15.1. The Morgan fingerprint density at radius 3 is 2.90 bits per heavy atom. The minimum atomic E-state index is -1.10. The Bertz CT molecular complexity index is 1120. The fraction of sp³-hybridized carbons (Fsp3) is 0.286. The Kier molecular flexibility index (Phi) is 6.05. The zero-order valence-electron chi connectivity index (χ0n) is 16.5. The Labute approximate surface area is 177 Å². The predicted octanol–water partition coefficient (Wildman–Crippen LogP) is 2.61. The summed E-state index contributed by atoms with van der Waals surface area (Å²) in [5, 5.41) is 27.9. The van der Waals surface area contributed by atoms with E-state index >= 15 is 0 Å². The first-order valence-corrected chi connectivity index (χ1v) is 9.76. The summed E-state index contributed by atoms with van der Waals surface area (Å²) in [6.45, 7) is 1.61. The number of carbonyl (C=O) groups is 1. The maximum Gasteiger partial charge on any atom is 0.356 e. The van der Waals surface area contributed by atoms with Gasteiger partial charge in [0, 0.05) is 24.6 Å². The molecule has 3 N–H and O–H groups in total. The van der Waals surface area contributed by atoms with Crippen LogP contribution in [0.4, 0.5) is 5.95 Å². The van der Waals surface area contributed by atoms with Crippen molar-refractivity contribution >= 4 is 11.9 Å². The maximum absolute atomic E-state index is 10.9. The summed E-state index contributed by atoms with van der Waals surface area (Å²) >= 11 is 0. The highest BCUT2D eigenvalue weighted by molar-refractivity contribution is 5.85. The van der Waals surface area contributed by atoms with Crippen molar-refractivity contribution in [2.45, 2.75) is 25.5 Å². The number of aromatic amines is 1. The Balaban J connectivity index is 1.47.